The third-order valence-electron chi connectivity index (χ3n) is 3.59. The highest BCUT2D eigenvalue weighted by molar-refractivity contribution is 6.34. The maximum atomic E-state index is 12.0. The van der Waals surface area contributed by atoms with Gasteiger partial charge < -0.3 is 15.0 Å². The first-order valence-electron chi connectivity index (χ1n) is 7.93. The Kier molecular flexibility index (Phi) is 6.42. The molecule has 0 atom stereocenters. The van der Waals surface area contributed by atoms with Gasteiger partial charge in [0, 0.05) is 19.8 Å². The molecule has 6 heteroatoms. The average Bonchev–Trinajstić information content (AvgIpc) is 2.60. The minimum Gasteiger partial charge on any atom is -0.484 e. The van der Waals surface area contributed by atoms with Gasteiger partial charge in [-0.3, -0.25) is 9.59 Å². The number of anilines is 1. The quantitative estimate of drug-likeness (QED) is 0.855. The molecule has 2 aromatic carbocycles. The maximum Gasteiger partial charge on any atom is 0.262 e. The van der Waals surface area contributed by atoms with Crippen molar-refractivity contribution < 1.29 is 14.3 Å². The number of halogens is 1. The van der Waals surface area contributed by atoms with E-state index in [2.05, 4.69) is 12.2 Å². The summed E-state index contributed by atoms with van der Waals surface area (Å²) < 4.78 is 5.46. The summed E-state index contributed by atoms with van der Waals surface area (Å²) in [6.45, 7) is 1.97. The van der Waals surface area contributed by atoms with Crippen LogP contribution < -0.4 is 10.1 Å². The summed E-state index contributed by atoms with van der Waals surface area (Å²) in [5.74, 6) is 0.140. The van der Waals surface area contributed by atoms with Gasteiger partial charge in [0.2, 0.25) is 0 Å². The van der Waals surface area contributed by atoms with E-state index in [0.29, 0.717) is 17.0 Å². The molecule has 5 nitrogen and oxygen atoms in total. The molecule has 0 heterocycles. The largest absolute Gasteiger partial charge is 0.484 e. The van der Waals surface area contributed by atoms with Crippen LogP contribution in [0, 0.1) is 0 Å². The molecule has 0 spiro atoms. The molecule has 0 radical (unpaired) electrons. The van der Waals surface area contributed by atoms with Crippen LogP contribution in [0.15, 0.2) is 42.5 Å². The van der Waals surface area contributed by atoms with E-state index in [1.807, 2.05) is 24.3 Å². The van der Waals surface area contributed by atoms with Crippen molar-refractivity contribution in [3.8, 4) is 5.75 Å². The summed E-state index contributed by atoms with van der Waals surface area (Å²) >= 11 is 6.12. The minimum atomic E-state index is -0.303. The van der Waals surface area contributed by atoms with E-state index in [4.69, 9.17) is 16.3 Å². The van der Waals surface area contributed by atoms with Crippen molar-refractivity contribution in [1.29, 1.82) is 0 Å². The van der Waals surface area contributed by atoms with E-state index in [-0.39, 0.29) is 23.4 Å². The first-order chi connectivity index (χ1) is 11.9. The van der Waals surface area contributed by atoms with E-state index in [1.54, 1.807) is 32.3 Å². The minimum absolute atomic E-state index is 0.110. The molecule has 0 unspecified atom stereocenters. The second kappa shape index (κ2) is 8.53. The van der Waals surface area contributed by atoms with Crippen molar-refractivity contribution in [3.63, 3.8) is 0 Å². The highest BCUT2D eigenvalue weighted by Gasteiger charge is 2.13. The van der Waals surface area contributed by atoms with Gasteiger partial charge in [0.15, 0.2) is 6.61 Å². The zero-order valence-corrected chi connectivity index (χ0v) is 15.3. The van der Waals surface area contributed by atoms with E-state index >= 15 is 0 Å². The first kappa shape index (κ1) is 18.8. The summed E-state index contributed by atoms with van der Waals surface area (Å²) in [6, 6.07) is 12.4. The lowest BCUT2D eigenvalue weighted by Gasteiger charge is -2.13. The standard InChI is InChI=1S/C19H21ClN2O3/c1-4-13-5-8-15(9-6-13)25-12-18(23)21-14-7-10-16(17(20)11-14)19(24)22(2)3/h5-11H,4,12H2,1-3H3,(H,21,23). The van der Waals surface area contributed by atoms with Crippen LogP contribution in [-0.2, 0) is 11.2 Å². The molecule has 2 amide bonds. The molecule has 0 saturated heterocycles. The molecule has 1 N–H and O–H groups in total. The van der Waals surface area contributed by atoms with Gasteiger partial charge in [0.1, 0.15) is 5.75 Å². The Morgan fingerprint density at radius 3 is 2.36 bits per heavy atom. The number of ether oxygens (including phenoxy) is 1. The van der Waals surface area contributed by atoms with Gasteiger partial charge in [0.25, 0.3) is 11.8 Å². The Balaban J connectivity index is 1.93. The predicted octanol–water partition coefficient (Wildman–Crippen LogP) is 3.62. The number of nitrogens with zero attached hydrogens (tertiary/aromatic N) is 1. The van der Waals surface area contributed by atoms with Gasteiger partial charge in [-0.25, -0.2) is 0 Å². The van der Waals surface area contributed by atoms with Crippen molar-refractivity contribution >= 4 is 29.1 Å². The van der Waals surface area contributed by atoms with Gasteiger partial charge in [0.05, 0.1) is 10.6 Å². The van der Waals surface area contributed by atoms with Gasteiger partial charge in [-0.1, -0.05) is 30.7 Å². The molecular formula is C19H21ClN2O3. The van der Waals surface area contributed by atoms with E-state index in [0.717, 1.165) is 6.42 Å². The Hall–Kier alpha value is -2.53. The second-order valence-electron chi connectivity index (χ2n) is 5.73. The molecule has 0 bridgehead atoms. The first-order valence-corrected chi connectivity index (χ1v) is 8.31. The van der Waals surface area contributed by atoms with Crippen LogP contribution in [0.2, 0.25) is 5.02 Å². The number of nitrogens with one attached hydrogen (secondary N) is 1. The summed E-state index contributed by atoms with van der Waals surface area (Å²) in [5.41, 5.74) is 2.10. The third-order valence-corrected chi connectivity index (χ3v) is 3.90. The predicted molar refractivity (Wildman–Crippen MR) is 99.4 cm³/mol. The summed E-state index contributed by atoms with van der Waals surface area (Å²) in [4.78, 5) is 25.4. The third kappa shape index (κ3) is 5.22. The Bertz CT molecular complexity index is 758. The Morgan fingerprint density at radius 2 is 1.80 bits per heavy atom. The number of hydrogen-bond donors (Lipinski definition) is 1. The number of rotatable bonds is 6. The van der Waals surface area contributed by atoms with Crippen LogP contribution in [0.25, 0.3) is 0 Å². The molecular weight excluding hydrogens is 340 g/mol. The Morgan fingerprint density at radius 1 is 1.12 bits per heavy atom. The molecule has 132 valence electrons. The molecule has 0 aliphatic heterocycles. The fourth-order valence-electron chi connectivity index (χ4n) is 2.17. The van der Waals surface area contributed by atoms with E-state index < -0.39 is 0 Å². The topological polar surface area (TPSA) is 58.6 Å². The molecule has 2 rings (SSSR count). The van der Waals surface area contributed by atoms with Crippen LogP contribution in [0.1, 0.15) is 22.8 Å². The number of aryl methyl sites for hydroxylation is 1. The highest BCUT2D eigenvalue weighted by Crippen LogP contribution is 2.22. The normalized spacial score (nSPS) is 10.2. The lowest BCUT2D eigenvalue weighted by atomic mass is 10.2. The summed E-state index contributed by atoms with van der Waals surface area (Å²) in [6.07, 6.45) is 0.952. The van der Waals surface area contributed by atoms with E-state index in [1.165, 1.54) is 10.5 Å². The van der Waals surface area contributed by atoms with Crippen molar-refractivity contribution in [3.05, 3.63) is 58.6 Å². The SMILES string of the molecule is CCc1ccc(OCC(=O)Nc2ccc(C(=O)N(C)C)c(Cl)c2)cc1. The van der Waals surface area contributed by atoms with Gasteiger partial charge in [-0.2, -0.15) is 0 Å². The van der Waals surface area contributed by atoms with Crippen molar-refractivity contribution in [2.75, 3.05) is 26.0 Å². The fourth-order valence-corrected chi connectivity index (χ4v) is 2.44. The lowest BCUT2D eigenvalue weighted by molar-refractivity contribution is -0.118. The Labute approximate surface area is 152 Å². The van der Waals surface area contributed by atoms with E-state index in [9.17, 15) is 9.59 Å². The fraction of sp³-hybridized carbons (Fsp3) is 0.263. The van der Waals surface area contributed by atoms with Gasteiger partial charge >= 0.3 is 0 Å². The number of amides is 2. The van der Waals surface area contributed by atoms with Crippen molar-refractivity contribution in [1.82, 2.24) is 4.90 Å². The molecule has 0 fully saturated rings. The van der Waals surface area contributed by atoms with Gasteiger partial charge in [-0.15, -0.1) is 0 Å². The molecule has 0 aromatic heterocycles. The lowest BCUT2D eigenvalue weighted by Crippen LogP contribution is -2.22. The number of carbonyl (C=O) groups is 2. The summed E-state index contributed by atoms with van der Waals surface area (Å²) in [5, 5.41) is 2.98. The van der Waals surface area contributed by atoms with Crippen LogP contribution in [0.4, 0.5) is 5.69 Å². The summed E-state index contributed by atoms with van der Waals surface area (Å²) in [7, 11) is 3.30. The maximum absolute atomic E-state index is 12.0. The smallest absolute Gasteiger partial charge is 0.262 e. The van der Waals surface area contributed by atoms with Crippen LogP contribution in [0.3, 0.4) is 0 Å². The number of benzene rings is 2. The number of hydrogen-bond acceptors (Lipinski definition) is 3. The second-order valence-corrected chi connectivity index (χ2v) is 6.14. The molecule has 0 aliphatic carbocycles. The molecule has 2 aromatic rings. The highest BCUT2D eigenvalue weighted by atomic mass is 35.5. The monoisotopic (exact) mass is 360 g/mol. The zero-order valence-electron chi connectivity index (χ0n) is 14.5. The van der Waals surface area contributed by atoms with Crippen LogP contribution in [-0.4, -0.2) is 37.4 Å². The van der Waals surface area contributed by atoms with Gasteiger partial charge in [-0.05, 0) is 42.3 Å². The average molecular weight is 361 g/mol. The van der Waals surface area contributed by atoms with Crippen LogP contribution >= 0.6 is 11.6 Å². The number of carbonyl (C=O) groups excluding carboxylic acids is 2. The van der Waals surface area contributed by atoms with Crippen molar-refractivity contribution in [2.24, 2.45) is 0 Å². The molecule has 25 heavy (non-hydrogen) atoms. The van der Waals surface area contributed by atoms with Crippen molar-refractivity contribution in [2.45, 2.75) is 13.3 Å². The van der Waals surface area contributed by atoms with Crippen LogP contribution in [0.5, 0.6) is 5.75 Å². The molecule has 0 aliphatic rings. The zero-order chi connectivity index (χ0) is 18.4. The molecule has 0 saturated carbocycles.